The maximum Gasteiger partial charge on any atom is 0.319 e. The minimum atomic E-state index is -0.911. The molecule has 0 aliphatic carbocycles. The van der Waals surface area contributed by atoms with Crippen LogP contribution in [0.3, 0.4) is 0 Å². The number of amides is 2. The number of carboxylic acid groups (broad SMARTS) is 1. The smallest absolute Gasteiger partial charge is 0.319 e. The summed E-state index contributed by atoms with van der Waals surface area (Å²) in [5.41, 5.74) is 0.618. The molecular weight excluding hydrogens is 272 g/mol. The third-order valence-electron chi connectivity index (χ3n) is 3.03. The van der Waals surface area contributed by atoms with E-state index in [1.807, 2.05) is 20.8 Å². The van der Waals surface area contributed by atoms with Crippen molar-refractivity contribution >= 4 is 17.7 Å². The number of aliphatic carboxylic acids is 1. The Kier molecular flexibility index (Phi) is 6.52. The summed E-state index contributed by atoms with van der Waals surface area (Å²) in [5, 5.41) is 14.3. The summed E-state index contributed by atoms with van der Waals surface area (Å²) in [4.78, 5) is 22.8. The quantitative estimate of drug-likeness (QED) is 0.721. The molecule has 0 saturated heterocycles. The molecule has 3 N–H and O–H groups in total. The molecule has 6 heteroatoms. The summed E-state index contributed by atoms with van der Waals surface area (Å²) >= 11 is 0. The van der Waals surface area contributed by atoms with Crippen LogP contribution in [-0.2, 0) is 4.79 Å². The van der Waals surface area contributed by atoms with Crippen molar-refractivity contribution in [3.63, 3.8) is 0 Å². The van der Waals surface area contributed by atoms with Gasteiger partial charge in [-0.05, 0) is 37.1 Å². The maximum absolute atomic E-state index is 11.7. The largest absolute Gasteiger partial charge is 0.494 e. The number of benzene rings is 1. The van der Waals surface area contributed by atoms with Crippen LogP contribution >= 0.6 is 0 Å². The van der Waals surface area contributed by atoms with Crippen LogP contribution in [-0.4, -0.2) is 30.3 Å². The van der Waals surface area contributed by atoms with Gasteiger partial charge in [-0.3, -0.25) is 4.79 Å². The van der Waals surface area contributed by atoms with E-state index in [9.17, 15) is 9.59 Å². The van der Waals surface area contributed by atoms with Crippen LogP contribution in [0.4, 0.5) is 10.5 Å². The fraction of sp³-hybridized carbons (Fsp3) is 0.467. The van der Waals surface area contributed by atoms with Gasteiger partial charge in [0, 0.05) is 12.2 Å². The summed E-state index contributed by atoms with van der Waals surface area (Å²) in [7, 11) is 0. The van der Waals surface area contributed by atoms with Gasteiger partial charge in [-0.2, -0.15) is 0 Å². The van der Waals surface area contributed by atoms with E-state index in [-0.39, 0.29) is 12.5 Å². The predicted octanol–water partition coefficient (Wildman–Crippen LogP) is 2.56. The molecule has 0 aliphatic heterocycles. The second kappa shape index (κ2) is 8.14. The zero-order valence-corrected chi connectivity index (χ0v) is 12.6. The zero-order chi connectivity index (χ0) is 15.8. The molecule has 0 fully saturated rings. The molecule has 1 atom stereocenters. The van der Waals surface area contributed by atoms with Crippen LogP contribution in [0.1, 0.15) is 20.8 Å². The number of hydrogen-bond donors (Lipinski definition) is 3. The van der Waals surface area contributed by atoms with Crippen molar-refractivity contribution in [1.82, 2.24) is 5.32 Å². The number of carboxylic acids is 1. The molecule has 0 bridgehead atoms. The third-order valence-corrected chi connectivity index (χ3v) is 3.03. The highest BCUT2D eigenvalue weighted by molar-refractivity contribution is 5.89. The SMILES string of the molecule is CCOc1ccc(NC(=O)NCC(C(=O)O)C(C)C)cc1. The Bertz CT molecular complexity index is 471. The van der Waals surface area contributed by atoms with Crippen molar-refractivity contribution in [2.24, 2.45) is 11.8 Å². The lowest BCUT2D eigenvalue weighted by Crippen LogP contribution is -2.37. The van der Waals surface area contributed by atoms with E-state index in [1.54, 1.807) is 24.3 Å². The van der Waals surface area contributed by atoms with Gasteiger partial charge in [-0.25, -0.2) is 4.79 Å². The van der Waals surface area contributed by atoms with Crippen LogP contribution in [0, 0.1) is 11.8 Å². The zero-order valence-electron chi connectivity index (χ0n) is 12.6. The Morgan fingerprint density at radius 2 is 1.86 bits per heavy atom. The van der Waals surface area contributed by atoms with Crippen LogP contribution in [0.2, 0.25) is 0 Å². The Balaban J connectivity index is 2.48. The fourth-order valence-corrected chi connectivity index (χ4v) is 1.79. The average molecular weight is 294 g/mol. The topological polar surface area (TPSA) is 87.7 Å². The Labute approximate surface area is 124 Å². The first-order chi connectivity index (χ1) is 9.93. The van der Waals surface area contributed by atoms with Crippen molar-refractivity contribution in [3.05, 3.63) is 24.3 Å². The molecule has 0 radical (unpaired) electrons. The van der Waals surface area contributed by atoms with Gasteiger partial charge in [-0.1, -0.05) is 13.8 Å². The molecule has 1 unspecified atom stereocenters. The predicted molar refractivity (Wildman–Crippen MR) is 80.6 cm³/mol. The molecule has 2 amide bonds. The highest BCUT2D eigenvalue weighted by Gasteiger charge is 2.21. The summed E-state index contributed by atoms with van der Waals surface area (Å²) in [6.07, 6.45) is 0. The number of hydrogen-bond acceptors (Lipinski definition) is 3. The van der Waals surface area contributed by atoms with E-state index in [0.717, 1.165) is 5.75 Å². The molecule has 0 spiro atoms. The normalized spacial score (nSPS) is 11.8. The highest BCUT2D eigenvalue weighted by atomic mass is 16.5. The molecule has 1 aromatic rings. The summed E-state index contributed by atoms with van der Waals surface area (Å²) in [6, 6.07) is 6.54. The van der Waals surface area contributed by atoms with E-state index in [1.165, 1.54) is 0 Å². The molecule has 1 aromatic carbocycles. The van der Waals surface area contributed by atoms with E-state index in [0.29, 0.717) is 12.3 Å². The van der Waals surface area contributed by atoms with Crippen LogP contribution in [0.15, 0.2) is 24.3 Å². The molecule has 0 aromatic heterocycles. The third kappa shape index (κ3) is 5.72. The van der Waals surface area contributed by atoms with Crippen molar-refractivity contribution < 1.29 is 19.4 Å². The first-order valence-electron chi connectivity index (χ1n) is 6.94. The van der Waals surface area contributed by atoms with Gasteiger partial charge in [0.25, 0.3) is 0 Å². The number of nitrogens with one attached hydrogen (secondary N) is 2. The number of urea groups is 1. The molecule has 21 heavy (non-hydrogen) atoms. The molecule has 0 heterocycles. The molecule has 0 aliphatic rings. The first kappa shape index (κ1) is 16.8. The minimum absolute atomic E-state index is 0.0479. The molecule has 6 nitrogen and oxygen atoms in total. The lowest BCUT2D eigenvalue weighted by molar-refractivity contribution is -0.142. The Morgan fingerprint density at radius 1 is 1.24 bits per heavy atom. The van der Waals surface area contributed by atoms with Crippen molar-refractivity contribution in [2.45, 2.75) is 20.8 Å². The highest BCUT2D eigenvalue weighted by Crippen LogP contribution is 2.15. The van der Waals surface area contributed by atoms with E-state index in [4.69, 9.17) is 9.84 Å². The summed E-state index contributed by atoms with van der Waals surface area (Å²) < 4.78 is 5.30. The minimum Gasteiger partial charge on any atom is -0.494 e. The first-order valence-corrected chi connectivity index (χ1v) is 6.94. The lowest BCUT2D eigenvalue weighted by Gasteiger charge is -2.17. The van der Waals surface area contributed by atoms with Gasteiger partial charge in [0.1, 0.15) is 5.75 Å². The van der Waals surface area contributed by atoms with Crippen molar-refractivity contribution in [1.29, 1.82) is 0 Å². The molecular formula is C15H22N2O4. The molecule has 0 saturated carbocycles. The number of carbonyl (C=O) groups is 2. The van der Waals surface area contributed by atoms with E-state index < -0.39 is 17.9 Å². The van der Waals surface area contributed by atoms with E-state index in [2.05, 4.69) is 10.6 Å². The van der Waals surface area contributed by atoms with Gasteiger partial charge in [0.2, 0.25) is 0 Å². The van der Waals surface area contributed by atoms with Crippen LogP contribution in [0.25, 0.3) is 0 Å². The molecule has 116 valence electrons. The Hall–Kier alpha value is -2.24. The maximum atomic E-state index is 11.7. The number of rotatable bonds is 7. The molecule has 1 rings (SSSR count). The van der Waals surface area contributed by atoms with Crippen LogP contribution < -0.4 is 15.4 Å². The van der Waals surface area contributed by atoms with Gasteiger partial charge < -0.3 is 20.5 Å². The lowest BCUT2D eigenvalue weighted by atomic mass is 9.96. The van der Waals surface area contributed by atoms with Crippen molar-refractivity contribution in [2.75, 3.05) is 18.5 Å². The second-order valence-corrected chi connectivity index (χ2v) is 4.98. The second-order valence-electron chi connectivity index (χ2n) is 4.98. The summed E-state index contributed by atoms with van der Waals surface area (Å²) in [5.74, 6) is -0.829. The standard InChI is InChI=1S/C15H22N2O4/c1-4-21-12-7-5-11(6-8-12)17-15(20)16-9-13(10(2)3)14(18)19/h5-8,10,13H,4,9H2,1-3H3,(H,18,19)(H2,16,17,20). The van der Waals surface area contributed by atoms with Crippen molar-refractivity contribution in [3.8, 4) is 5.75 Å². The summed E-state index contributed by atoms with van der Waals surface area (Å²) in [6.45, 7) is 6.19. The van der Waals surface area contributed by atoms with Crippen LogP contribution in [0.5, 0.6) is 5.75 Å². The van der Waals surface area contributed by atoms with Gasteiger partial charge in [0.15, 0.2) is 0 Å². The number of ether oxygens (including phenoxy) is 1. The van der Waals surface area contributed by atoms with E-state index >= 15 is 0 Å². The average Bonchev–Trinajstić information content (AvgIpc) is 2.40. The van der Waals surface area contributed by atoms with Gasteiger partial charge in [-0.15, -0.1) is 0 Å². The van der Waals surface area contributed by atoms with Gasteiger partial charge in [0.05, 0.1) is 12.5 Å². The fourth-order valence-electron chi connectivity index (χ4n) is 1.79. The number of carbonyl (C=O) groups excluding carboxylic acids is 1. The van der Waals surface area contributed by atoms with Gasteiger partial charge >= 0.3 is 12.0 Å². The number of anilines is 1. The monoisotopic (exact) mass is 294 g/mol. The Morgan fingerprint density at radius 3 is 2.33 bits per heavy atom.